The van der Waals surface area contributed by atoms with E-state index < -0.39 is 5.97 Å². The molecule has 0 bridgehead atoms. The van der Waals surface area contributed by atoms with Crippen LogP contribution in [0, 0.1) is 5.92 Å². The number of carboxylic acids is 1. The quantitative estimate of drug-likeness (QED) is 0.866. The van der Waals surface area contributed by atoms with Crippen molar-refractivity contribution in [1.82, 2.24) is 9.55 Å². The molecule has 0 unspecified atom stereocenters. The van der Waals surface area contributed by atoms with E-state index in [-0.39, 0.29) is 5.56 Å². The lowest BCUT2D eigenvalue weighted by molar-refractivity contribution is -0.131. The number of hydrogen-bond acceptors (Lipinski definition) is 3. The standard InChI is InChI=1S/C15H16N2O3/c1-10(2)7-11-3-4-13-12(8-11)15(20)17(9-16-13)6-5-14(18)19/h3-6,8-10H,7H2,1-2H3,(H,18,19). The summed E-state index contributed by atoms with van der Waals surface area (Å²) >= 11 is 0. The highest BCUT2D eigenvalue weighted by atomic mass is 16.4. The molecule has 104 valence electrons. The van der Waals surface area contributed by atoms with Crippen LogP contribution < -0.4 is 5.56 Å². The molecule has 0 aliphatic heterocycles. The Labute approximate surface area is 116 Å². The van der Waals surface area contributed by atoms with Crippen molar-refractivity contribution in [2.75, 3.05) is 0 Å². The molecule has 0 amide bonds. The Kier molecular flexibility index (Phi) is 3.98. The number of hydrogen-bond donors (Lipinski definition) is 1. The summed E-state index contributed by atoms with van der Waals surface area (Å²) < 4.78 is 1.18. The summed E-state index contributed by atoms with van der Waals surface area (Å²) in [7, 11) is 0. The molecule has 5 heteroatoms. The smallest absolute Gasteiger partial charge is 0.329 e. The normalized spacial score (nSPS) is 11.6. The largest absolute Gasteiger partial charge is 0.478 e. The molecule has 0 radical (unpaired) electrons. The van der Waals surface area contributed by atoms with Crippen LogP contribution in [0.15, 0.2) is 35.4 Å². The van der Waals surface area contributed by atoms with E-state index in [4.69, 9.17) is 5.11 Å². The minimum atomic E-state index is -1.11. The lowest BCUT2D eigenvalue weighted by atomic mass is 10.0. The topological polar surface area (TPSA) is 72.2 Å². The van der Waals surface area contributed by atoms with Crippen molar-refractivity contribution in [2.45, 2.75) is 20.3 Å². The molecular weight excluding hydrogens is 256 g/mol. The van der Waals surface area contributed by atoms with Crippen molar-refractivity contribution in [1.29, 1.82) is 0 Å². The Balaban J connectivity index is 2.52. The average Bonchev–Trinajstić information content (AvgIpc) is 2.38. The molecule has 1 N–H and O–H groups in total. The first kappa shape index (κ1) is 14.0. The summed E-state index contributed by atoms with van der Waals surface area (Å²) in [6.45, 7) is 4.22. The Morgan fingerprint density at radius 1 is 1.45 bits per heavy atom. The molecule has 0 spiro atoms. The summed E-state index contributed by atoms with van der Waals surface area (Å²) in [5.74, 6) is -0.608. The maximum absolute atomic E-state index is 12.3. The van der Waals surface area contributed by atoms with Gasteiger partial charge in [0.2, 0.25) is 0 Å². The molecule has 2 rings (SSSR count). The first-order valence-electron chi connectivity index (χ1n) is 6.38. The van der Waals surface area contributed by atoms with Gasteiger partial charge in [0.15, 0.2) is 0 Å². The van der Waals surface area contributed by atoms with Crippen LogP contribution in [0.2, 0.25) is 0 Å². The minimum absolute atomic E-state index is 0.266. The highest BCUT2D eigenvalue weighted by Crippen LogP contribution is 2.13. The molecule has 5 nitrogen and oxygen atoms in total. The fourth-order valence-corrected chi connectivity index (χ4v) is 2.03. The number of carboxylic acid groups (broad SMARTS) is 1. The van der Waals surface area contributed by atoms with Crippen LogP contribution in [0.25, 0.3) is 17.1 Å². The van der Waals surface area contributed by atoms with Gasteiger partial charge in [0.05, 0.1) is 10.9 Å². The van der Waals surface area contributed by atoms with Crippen LogP contribution in [-0.2, 0) is 11.2 Å². The fraction of sp³-hybridized carbons (Fsp3) is 0.267. The van der Waals surface area contributed by atoms with Gasteiger partial charge in [-0.25, -0.2) is 9.78 Å². The number of aromatic nitrogens is 2. The van der Waals surface area contributed by atoms with E-state index in [0.29, 0.717) is 16.8 Å². The van der Waals surface area contributed by atoms with Gasteiger partial charge in [0, 0.05) is 12.3 Å². The third-order valence-electron chi connectivity index (χ3n) is 2.87. The lowest BCUT2D eigenvalue weighted by Gasteiger charge is -2.06. The van der Waals surface area contributed by atoms with Crippen LogP contribution in [0.3, 0.4) is 0 Å². The molecular formula is C15H16N2O3. The zero-order valence-corrected chi connectivity index (χ0v) is 11.4. The summed E-state index contributed by atoms with van der Waals surface area (Å²) in [5, 5.41) is 9.10. The molecule has 0 aliphatic rings. The Morgan fingerprint density at radius 3 is 2.85 bits per heavy atom. The SMILES string of the molecule is CC(C)Cc1ccc2ncn(C=CC(=O)O)c(=O)c2c1. The van der Waals surface area contributed by atoms with Crippen molar-refractivity contribution in [3.05, 3.63) is 46.5 Å². The maximum atomic E-state index is 12.3. The van der Waals surface area contributed by atoms with Crippen molar-refractivity contribution in [3.8, 4) is 0 Å². The van der Waals surface area contributed by atoms with Crippen LogP contribution >= 0.6 is 0 Å². The third-order valence-corrected chi connectivity index (χ3v) is 2.87. The number of nitrogens with zero attached hydrogens (tertiary/aromatic N) is 2. The van der Waals surface area contributed by atoms with Gasteiger partial charge in [-0.15, -0.1) is 0 Å². The molecule has 1 aromatic carbocycles. The highest BCUT2D eigenvalue weighted by molar-refractivity contribution is 5.83. The number of benzene rings is 1. The second-order valence-corrected chi connectivity index (χ2v) is 5.06. The number of fused-ring (bicyclic) bond motifs is 1. The highest BCUT2D eigenvalue weighted by Gasteiger charge is 2.05. The average molecular weight is 272 g/mol. The van der Waals surface area contributed by atoms with E-state index in [2.05, 4.69) is 18.8 Å². The second-order valence-electron chi connectivity index (χ2n) is 5.06. The fourth-order valence-electron chi connectivity index (χ4n) is 2.03. The van der Waals surface area contributed by atoms with Crippen LogP contribution in [0.5, 0.6) is 0 Å². The van der Waals surface area contributed by atoms with Crippen LogP contribution in [-0.4, -0.2) is 20.6 Å². The molecule has 0 atom stereocenters. The molecule has 0 aliphatic carbocycles. The summed E-state index contributed by atoms with van der Waals surface area (Å²) in [5.41, 5.74) is 1.42. The second kappa shape index (κ2) is 5.69. The molecule has 2 aromatic rings. The van der Waals surface area contributed by atoms with Crippen LogP contribution in [0.4, 0.5) is 0 Å². The van der Waals surface area contributed by atoms with Crippen molar-refractivity contribution in [3.63, 3.8) is 0 Å². The van der Waals surface area contributed by atoms with Gasteiger partial charge in [-0.05, 0) is 30.0 Å². The van der Waals surface area contributed by atoms with Gasteiger partial charge in [-0.1, -0.05) is 19.9 Å². The Morgan fingerprint density at radius 2 is 2.20 bits per heavy atom. The van der Waals surface area contributed by atoms with Crippen molar-refractivity contribution < 1.29 is 9.90 Å². The van der Waals surface area contributed by atoms with Crippen LogP contribution in [0.1, 0.15) is 19.4 Å². The monoisotopic (exact) mass is 272 g/mol. The Hall–Kier alpha value is -2.43. The zero-order chi connectivity index (χ0) is 14.7. The van der Waals surface area contributed by atoms with Crippen molar-refractivity contribution >= 4 is 23.1 Å². The summed E-state index contributed by atoms with van der Waals surface area (Å²) in [4.78, 5) is 26.9. The first-order valence-corrected chi connectivity index (χ1v) is 6.38. The minimum Gasteiger partial charge on any atom is -0.478 e. The molecule has 20 heavy (non-hydrogen) atoms. The Bertz CT molecular complexity index is 729. The number of rotatable bonds is 4. The van der Waals surface area contributed by atoms with Crippen molar-refractivity contribution in [2.24, 2.45) is 5.92 Å². The molecule has 0 fully saturated rings. The predicted octanol–water partition coefficient (Wildman–Crippen LogP) is 2.15. The van der Waals surface area contributed by atoms with E-state index >= 15 is 0 Å². The molecule has 0 saturated heterocycles. The lowest BCUT2D eigenvalue weighted by Crippen LogP contribution is -2.16. The van der Waals surface area contributed by atoms with E-state index in [1.54, 1.807) is 0 Å². The summed E-state index contributed by atoms with van der Waals surface area (Å²) in [6, 6.07) is 5.61. The predicted molar refractivity (Wildman–Crippen MR) is 77.5 cm³/mol. The van der Waals surface area contributed by atoms with E-state index in [9.17, 15) is 9.59 Å². The maximum Gasteiger partial charge on any atom is 0.329 e. The zero-order valence-electron chi connectivity index (χ0n) is 11.4. The van der Waals surface area contributed by atoms with E-state index in [1.165, 1.54) is 17.1 Å². The van der Waals surface area contributed by atoms with E-state index in [1.807, 2.05) is 18.2 Å². The third kappa shape index (κ3) is 3.12. The number of carbonyl (C=O) groups is 1. The van der Waals surface area contributed by atoms with E-state index in [0.717, 1.165) is 18.1 Å². The number of aliphatic carboxylic acids is 1. The van der Waals surface area contributed by atoms with Gasteiger partial charge in [-0.3, -0.25) is 9.36 Å². The van der Waals surface area contributed by atoms with Gasteiger partial charge >= 0.3 is 5.97 Å². The summed E-state index contributed by atoms with van der Waals surface area (Å²) in [6.07, 6.45) is 4.32. The van der Waals surface area contributed by atoms with Gasteiger partial charge < -0.3 is 5.11 Å². The molecule has 1 heterocycles. The first-order chi connectivity index (χ1) is 9.47. The molecule has 0 saturated carbocycles. The van der Waals surface area contributed by atoms with Gasteiger partial charge in [0.1, 0.15) is 6.33 Å². The van der Waals surface area contributed by atoms with Gasteiger partial charge in [-0.2, -0.15) is 0 Å². The molecule has 1 aromatic heterocycles. The van der Waals surface area contributed by atoms with Gasteiger partial charge in [0.25, 0.3) is 5.56 Å².